The number of nitrogens with zero attached hydrogens (tertiary/aromatic N) is 3. The van der Waals surface area contributed by atoms with Crippen molar-refractivity contribution in [2.45, 2.75) is 57.0 Å². The Kier molecular flexibility index (Phi) is 5.81. The number of amides is 1. The van der Waals surface area contributed by atoms with Gasteiger partial charge in [-0.15, -0.1) is 21.5 Å². The van der Waals surface area contributed by atoms with Crippen LogP contribution in [0.4, 0.5) is 0 Å². The van der Waals surface area contributed by atoms with Gasteiger partial charge in [0.1, 0.15) is 0 Å². The van der Waals surface area contributed by atoms with Crippen molar-refractivity contribution in [3.63, 3.8) is 0 Å². The molecule has 0 saturated carbocycles. The van der Waals surface area contributed by atoms with Gasteiger partial charge in [-0.05, 0) is 45.1 Å². The normalized spacial score (nSPS) is 17.8. The van der Waals surface area contributed by atoms with Crippen LogP contribution in [0, 0.1) is 0 Å². The van der Waals surface area contributed by atoms with Gasteiger partial charge in [0.2, 0.25) is 5.91 Å². The summed E-state index contributed by atoms with van der Waals surface area (Å²) >= 11 is 3.06. The number of carbonyl (C=O) groups excluding carboxylic acids is 1. The summed E-state index contributed by atoms with van der Waals surface area (Å²) in [6.07, 6.45) is 2.34. The van der Waals surface area contributed by atoms with E-state index >= 15 is 0 Å². The largest absolute Gasteiger partial charge is 0.376 e. The fourth-order valence-corrected chi connectivity index (χ4v) is 4.19. The number of nitrogens with one attached hydrogen (secondary N) is 1. The highest BCUT2D eigenvalue weighted by atomic mass is 32.2. The summed E-state index contributed by atoms with van der Waals surface area (Å²) < 4.78 is 7.88. The van der Waals surface area contributed by atoms with Crippen LogP contribution in [0.25, 0.3) is 10.7 Å². The van der Waals surface area contributed by atoms with E-state index in [1.54, 1.807) is 11.3 Å². The molecule has 2 aromatic rings. The third-order valence-corrected chi connectivity index (χ3v) is 5.55. The van der Waals surface area contributed by atoms with Gasteiger partial charge >= 0.3 is 0 Å². The van der Waals surface area contributed by atoms with E-state index in [1.165, 1.54) is 11.8 Å². The first-order valence-corrected chi connectivity index (χ1v) is 10.3. The van der Waals surface area contributed by atoms with E-state index in [4.69, 9.17) is 4.74 Å². The molecule has 3 rings (SSSR count). The predicted molar refractivity (Wildman–Crippen MR) is 101 cm³/mol. The lowest BCUT2D eigenvalue weighted by Crippen LogP contribution is -2.41. The molecule has 1 atom stereocenters. The van der Waals surface area contributed by atoms with E-state index < -0.39 is 0 Å². The van der Waals surface area contributed by atoms with E-state index in [-0.39, 0.29) is 17.6 Å². The molecule has 1 saturated heterocycles. The van der Waals surface area contributed by atoms with Gasteiger partial charge in [-0.3, -0.25) is 9.36 Å². The second-order valence-electron chi connectivity index (χ2n) is 7.12. The maximum atomic E-state index is 12.1. The minimum absolute atomic E-state index is 0.00170. The summed E-state index contributed by atoms with van der Waals surface area (Å²) in [4.78, 5) is 13.2. The van der Waals surface area contributed by atoms with Crippen molar-refractivity contribution in [1.29, 1.82) is 0 Å². The zero-order valence-corrected chi connectivity index (χ0v) is 16.5. The summed E-state index contributed by atoms with van der Waals surface area (Å²) in [5.74, 6) is 1.18. The Hall–Kier alpha value is -1.38. The zero-order chi connectivity index (χ0) is 17.9. The van der Waals surface area contributed by atoms with E-state index in [2.05, 4.69) is 20.1 Å². The van der Waals surface area contributed by atoms with Crippen molar-refractivity contribution in [2.75, 3.05) is 12.4 Å². The number of hydrogen-bond donors (Lipinski definition) is 1. The molecule has 136 valence electrons. The molecule has 1 aliphatic heterocycles. The first-order chi connectivity index (χ1) is 11.9. The molecule has 25 heavy (non-hydrogen) atoms. The molecular formula is C17H24N4O2S2. The highest BCUT2D eigenvalue weighted by Crippen LogP contribution is 2.29. The van der Waals surface area contributed by atoms with E-state index in [0.717, 1.165) is 41.9 Å². The van der Waals surface area contributed by atoms with Gasteiger partial charge in [-0.1, -0.05) is 17.8 Å². The average Bonchev–Trinajstić information content (AvgIpc) is 3.26. The van der Waals surface area contributed by atoms with Crippen molar-refractivity contribution >= 4 is 29.0 Å². The monoisotopic (exact) mass is 380 g/mol. The number of aromatic nitrogens is 3. The summed E-state index contributed by atoms with van der Waals surface area (Å²) in [5.41, 5.74) is -0.231. The molecule has 1 amide bonds. The molecule has 0 aliphatic carbocycles. The first-order valence-electron chi connectivity index (χ1n) is 8.45. The zero-order valence-electron chi connectivity index (χ0n) is 14.8. The quantitative estimate of drug-likeness (QED) is 0.780. The molecule has 1 fully saturated rings. The molecule has 0 aromatic carbocycles. The number of ether oxygens (including phenoxy) is 1. The van der Waals surface area contributed by atoms with E-state index in [9.17, 15) is 4.79 Å². The minimum Gasteiger partial charge on any atom is -0.376 e. The van der Waals surface area contributed by atoms with Crippen LogP contribution in [0.15, 0.2) is 22.7 Å². The highest BCUT2D eigenvalue weighted by Gasteiger charge is 2.23. The Morgan fingerprint density at radius 2 is 2.32 bits per heavy atom. The van der Waals surface area contributed by atoms with Crippen LogP contribution in [-0.2, 0) is 16.1 Å². The summed E-state index contributed by atoms with van der Waals surface area (Å²) in [6.45, 7) is 7.47. The molecular weight excluding hydrogens is 356 g/mol. The summed E-state index contributed by atoms with van der Waals surface area (Å²) in [5, 5.41) is 14.5. The lowest BCUT2D eigenvalue weighted by Gasteiger charge is -2.20. The molecule has 6 nitrogen and oxygen atoms in total. The summed E-state index contributed by atoms with van der Waals surface area (Å²) in [7, 11) is 0. The van der Waals surface area contributed by atoms with Gasteiger partial charge in [0.15, 0.2) is 11.0 Å². The van der Waals surface area contributed by atoms with Crippen molar-refractivity contribution in [3.05, 3.63) is 17.5 Å². The smallest absolute Gasteiger partial charge is 0.230 e. The number of carbonyl (C=O) groups is 1. The Morgan fingerprint density at radius 3 is 2.96 bits per heavy atom. The molecule has 0 bridgehead atoms. The van der Waals surface area contributed by atoms with Crippen LogP contribution in [0.3, 0.4) is 0 Å². The first kappa shape index (κ1) is 18.4. The lowest BCUT2D eigenvalue weighted by atomic mass is 10.1. The number of hydrogen-bond acceptors (Lipinski definition) is 6. The second kappa shape index (κ2) is 7.88. The molecule has 0 radical (unpaired) electrons. The molecule has 1 N–H and O–H groups in total. The summed E-state index contributed by atoms with van der Waals surface area (Å²) in [6, 6.07) is 4.05. The highest BCUT2D eigenvalue weighted by molar-refractivity contribution is 7.99. The number of rotatable bonds is 6. The molecule has 8 heteroatoms. The van der Waals surface area contributed by atoms with Crippen LogP contribution in [0.5, 0.6) is 0 Å². The SMILES string of the molecule is CC(C)(C)NC(=O)CSc1nnc(-c2cccs2)n1CC1CCCO1. The van der Waals surface area contributed by atoms with Crippen LogP contribution in [0.2, 0.25) is 0 Å². The van der Waals surface area contributed by atoms with Gasteiger partial charge < -0.3 is 10.1 Å². The van der Waals surface area contributed by atoms with Gasteiger partial charge in [-0.2, -0.15) is 0 Å². The van der Waals surface area contributed by atoms with Crippen molar-refractivity contribution in [1.82, 2.24) is 20.1 Å². The van der Waals surface area contributed by atoms with Gasteiger partial charge in [0, 0.05) is 12.1 Å². The Balaban J connectivity index is 1.75. The standard InChI is InChI=1S/C17H24N4O2S2/c1-17(2,3)18-14(22)11-25-16-20-19-15(13-7-5-9-24-13)21(16)10-12-6-4-8-23-12/h5,7,9,12H,4,6,8,10-11H2,1-3H3,(H,18,22). The maximum absolute atomic E-state index is 12.1. The van der Waals surface area contributed by atoms with E-state index in [0.29, 0.717) is 5.75 Å². The van der Waals surface area contributed by atoms with Gasteiger partial charge in [0.05, 0.1) is 23.3 Å². The van der Waals surface area contributed by atoms with Crippen LogP contribution >= 0.6 is 23.1 Å². The topological polar surface area (TPSA) is 69.0 Å². The van der Waals surface area contributed by atoms with Crippen LogP contribution in [0.1, 0.15) is 33.6 Å². The molecule has 0 spiro atoms. The Bertz CT molecular complexity index is 701. The fourth-order valence-electron chi connectivity index (χ4n) is 2.72. The van der Waals surface area contributed by atoms with E-state index in [1.807, 2.05) is 38.3 Å². The fraction of sp³-hybridized carbons (Fsp3) is 0.588. The van der Waals surface area contributed by atoms with Crippen molar-refractivity contribution in [2.24, 2.45) is 0 Å². The molecule has 3 heterocycles. The van der Waals surface area contributed by atoms with Crippen LogP contribution < -0.4 is 5.32 Å². The molecule has 1 unspecified atom stereocenters. The van der Waals surface area contributed by atoms with Crippen molar-refractivity contribution in [3.8, 4) is 10.7 Å². The van der Waals surface area contributed by atoms with Crippen LogP contribution in [-0.4, -0.2) is 44.7 Å². The third-order valence-electron chi connectivity index (χ3n) is 3.72. The lowest BCUT2D eigenvalue weighted by molar-refractivity contribution is -0.119. The molecule has 2 aromatic heterocycles. The number of thiophene rings is 1. The third kappa shape index (κ3) is 5.05. The van der Waals surface area contributed by atoms with Gasteiger partial charge in [0.25, 0.3) is 0 Å². The second-order valence-corrected chi connectivity index (χ2v) is 9.01. The maximum Gasteiger partial charge on any atom is 0.230 e. The Labute approximate surface area is 156 Å². The van der Waals surface area contributed by atoms with Crippen molar-refractivity contribution < 1.29 is 9.53 Å². The number of thioether (sulfide) groups is 1. The average molecular weight is 381 g/mol. The minimum atomic E-state index is -0.231. The molecule has 1 aliphatic rings. The van der Waals surface area contributed by atoms with Gasteiger partial charge in [-0.25, -0.2) is 0 Å². The Morgan fingerprint density at radius 1 is 1.48 bits per heavy atom. The predicted octanol–water partition coefficient (Wildman–Crippen LogP) is 3.19.